The van der Waals surface area contributed by atoms with E-state index >= 15 is 0 Å². The van der Waals surface area contributed by atoms with Gasteiger partial charge in [0.15, 0.2) is 0 Å². The van der Waals surface area contributed by atoms with Crippen LogP contribution in [-0.4, -0.2) is 33.4 Å². The van der Waals surface area contributed by atoms with Crippen LogP contribution in [0.15, 0.2) is 36.7 Å². The molecule has 1 aliphatic rings. The molecule has 5 heteroatoms. The summed E-state index contributed by atoms with van der Waals surface area (Å²) < 4.78 is 0. The molecule has 0 aliphatic carbocycles. The van der Waals surface area contributed by atoms with Gasteiger partial charge in [0.05, 0.1) is 5.56 Å². The van der Waals surface area contributed by atoms with Gasteiger partial charge in [-0.3, -0.25) is 9.78 Å². The number of carbonyl (C=O) groups is 2. The number of aromatic carboxylic acids is 1. The molecule has 0 saturated carbocycles. The number of benzene rings is 1. The van der Waals surface area contributed by atoms with E-state index < -0.39 is 5.97 Å². The maximum absolute atomic E-state index is 12.5. The van der Waals surface area contributed by atoms with Crippen LogP contribution in [0.3, 0.4) is 0 Å². The fraction of sp³-hybridized carbons (Fsp3) is 0.235. The van der Waals surface area contributed by atoms with Gasteiger partial charge in [-0.1, -0.05) is 17.7 Å². The Morgan fingerprint density at radius 2 is 1.91 bits per heavy atom. The lowest BCUT2D eigenvalue weighted by Crippen LogP contribution is -2.36. The second kappa shape index (κ2) is 5.60. The molecule has 112 valence electrons. The molecule has 0 atom stereocenters. The van der Waals surface area contributed by atoms with Gasteiger partial charge in [-0.25, -0.2) is 4.79 Å². The van der Waals surface area contributed by atoms with Gasteiger partial charge in [0.25, 0.3) is 5.91 Å². The van der Waals surface area contributed by atoms with E-state index in [2.05, 4.69) is 4.98 Å². The van der Waals surface area contributed by atoms with Crippen LogP contribution in [0.2, 0.25) is 0 Å². The normalized spacial score (nSPS) is 13.6. The SMILES string of the molecule is Cc1ccc(C(=O)N2CCc3c(cncc3C(=O)O)C2)cc1. The molecule has 1 aromatic heterocycles. The van der Waals surface area contributed by atoms with Gasteiger partial charge >= 0.3 is 5.97 Å². The van der Waals surface area contributed by atoms with E-state index in [-0.39, 0.29) is 11.5 Å². The first-order valence-electron chi connectivity index (χ1n) is 7.11. The lowest BCUT2D eigenvalue weighted by atomic mass is 9.96. The van der Waals surface area contributed by atoms with E-state index in [4.69, 9.17) is 0 Å². The number of carboxylic acid groups (broad SMARTS) is 1. The number of rotatable bonds is 2. The highest BCUT2D eigenvalue weighted by Crippen LogP contribution is 2.23. The third-order valence-corrected chi connectivity index (χ3v) is 3.96. The first-order chi connectivity index (χ1) is 10.6. The van der Waals surface area contributed by atoms with Crippen LogP contribution in [0.5, 0.6) is 0 Å². The number of aromatic nitrogens is 1. The van der Waals surface area contributed by atoms with Crippen molar-refractivity contribution in [1.29, 1.82) is 0 Å². The summed E-state index contributed by atoms with van der Waals surface area (Å²) in [5, 5.41) is 9.20. The molecule has 22 heavy (non-hydrogen) atoms. The number of hydrogen-bond acceptors (Lipinski definition) is 3. The van der Waals surface area contributed by atoms with Crippen LogP contribution in [0.1, 0.15) is 37.4 Å². The van der Waals surface area contributed by atoms with Gasteiger partial charge in [0, 0.05) is 31.0 Å². The number of carboxylic acids is 1. The van der Waals surface area contributed by atoms with Crippen LogP contribution >= 0.6 is 0 Å². The fourth-order valence-corrected chi connectivity index (χ4v) is 2.73. The summed E-state index contributed by atoms with van der Waals surface area (Å²) in [6.07, 6.45) is 3.56. The summed E-state index contributed by atoms with van der Waals surface area (Å²) in [6.45, 7) is 2.89. The standard InChI is InChI=1S/C17H16N2O3/c1-11-2-4-12(5-3-11)16(20)19-7-6-14-13(10-19)8-18-9-15(14)17(21)22/h2-5,8-9H,6-7,10H2,1H3,(H,21,22). The predicted molar refractivity (Wildman–Crippen MR) is 80.8 cm³/mol. The minimum atomic E-state index is -0.970. The van der Waals surface area contributed by atoms with Crippen molar-refractivity contribution in [3.05, 3.63) is 64.5 Å². The zero-order chi connectivity index (χ0) is 15.7. The molecule has 2 aromatic rings. The quantitative estimate of drug-likeness (QED) is 0.923. The zero-order valence-electron chi connectivity index (χ0n) is 12.2. The van der Waals surface area contributed by atoms with Crippen LogP contribution < -0.4 is 0 Å². The minimum Gasteiger partial charge on any atom is -0.478 e. The molecule has 1 aromatic carbocycles. The van der Waals surface area contributed by atoms with Crippen LogP contribution in [0.25, 0.3) is 0 Å². The van der Waals surface area contributed by atoms with Crippen molar-refractivity contribution in [1.82, 2.24) is 9.88 Å². The predicted octanol–water partition coefficient (Wildman–Crippen LogP) is 2.29. The number of fused-ring (bicyclic) bond motifs is 1. The van der Waals surface area contributed by atoms with E-state index in [0.717, 1.165) is 16.7 Å². The van der Waals surface area contributed by atoms with Gasteiger partial charge in [0.2, 0.25) is 0 Å². The van der Waals surface area contributed by atoms with Crippen LogP contribution in [0.4, 0.5) is 0 Å². The summed E-state index contributed by atoms with van der Waals surface area (Å²) in [7, 11) is 0. The van der Waals surface area contributed by atoms with Gasteiger partial charge < -0.3 is 10.0 Å². The first-order valence-corrected chi connectivity index (χ1v) is 7.11. The van der Waals surface area contributed by atoms with Gasteiger partial charge in [-0.05, 0) is 36.6 Å². The van der Waals surface area contributed by atoms with E-state index in [9.17, 15) is 14.7 Å². The van der Waals surface area contributed by atoms with E-state index in [1.807, 2.05) is 31.2 Å². The largest absolute Gasteiger partial charge is 0.478 e. The third-order valence-electron chi connectivity index (χ3n) is 3.96. The van der Waals surface area contributed by atoms with Gasteiger partial charge in [-0.2, -0.15) is 0 Å². The molecule has 1 N–H and O–H groups in total. The average molecular weight is 296 g/mol. The highest BCUT2D eigenvalue weighted by atomic mass is 16.4. The van der Waals surface area contributed by atoms with Gasteiger partial charge in [0.1, 0.15) is 0 Å². The highest BCUT2D eigenvalue weighted by Gasteiger charge is 2.25. The van der Waals surface area contributed by atoms with Crippen molar-refractivity contribution >= 4 is 11.9 Å². The fourth-order valence-electron chi connectivity index (χ4n) is 2.73. The molecular weight excluding hydrogens is 280 g/mol. The lowest BCUT2D eigenvalue weighted by molar-refractivity contribution is 0.0693. The number of nitrogens with zero attached hydrogens (tertiary/aromatic N) is 2. The topological polar surface area (TPSA) is 70.5 Å². The summed E-state index contributed by atoms with van der Waals surface area (Å²) in [5.74, 6) is -1.01. The number of carbonyl (C=O) groups excluding carboxylic acids is 1. The molecule has 1 amide bonds. The van der Waals surface area contributed by atoms with Gasteiger partial charge in [-0.15, -0.1) is 0 Å². The van der Waals surface area contributed by atoms with Crippen LogP contribution in [0, 0.1) is 6.92 Å². The Kier molecular flexibility index (Phi) is 3.63. The monoisotopic (exact) mass is 296 g/mol. The number of amides is 1. The molecular formula is C17H16N2O3. The molecule has 1 aliphatic heterocycles. The summed E-state index contributed by atoms with van der Waals surface area (Å²) in [6, 6.07) is 7.46. The Morgan fingerprint density at radius 3 is 2.59 bits per heavy atom. The Labute approximate surface area is 128 Å². The smallest absolute Gasteiger partial charge is 0.337 e. The number of hydrogen-bond donors (Lipinski definition) is 1. The van der Waals surface area contributed by atoms with Crippen molar-refractivity contribution in [2.75, 3.05) is 6.54 Å². The molecule has 5 nitrogen and oxygen atoms in total. The molecule has 0 bridgehead atoms. The maximum Gasteiger partial charge on any atom is 0.337 e. The van der Waals surface area contributed by atoms with E-state index in [0.29, 0.717) is 25.1 Å². The van der Waals surface area contributed by atoms with Crippen molar-refractivity contribution in [3.8, 4) is 0 Å². The molecule has 0 radical (unpaired) electrons. The summed E-state index contributed by atoms with van der Waals surface area (Å²) >= 11 is 0. The third kappa shape index (κ3) is 2.57. The average Bonchev–Trinajstić information content (AvgIpc) is 2.53. The highest BCUT2D eigenvalue weighted by molar-refractivity contribution is 5.94. The molecule has 0 fully saturated rings. The van der Waals surface area contributed by atoms with E-state index in [1.54, 1.807) is 11.1 Å². The molecule has 0 spiro atoms. The summed E-state index contributed by atoms with van der Waals surface area (Å²) in [4.78, 5) is 29.5. The van der Waals surface area contributed by atoms with E-state index in [1.165, 1.54) is 6.20 Å². The second-order valence-corrected chi connectivity index (χ2v) is 5.47. The van der Waals surface area contributed by atoms with Crippen molar-refractivity contribution < 1.29 is 14.7 Å². The Hall–Kier alpha value is -2.69. The van der Waals surface area contributed by atoms with Crippen molar-refractivity contribution in [2.24, 2.45) is 0 Å². The molecule has 2 heterocycles. The molecule has 3 rings (SSSR count). The van der Waals surface area contributed by atoms with Crippen molar-refractivity contribution in [2.45, 2.75) is 19.9 Å². The number of aryl methyl sites for hydroxylation is 1. The minimum absolute atomic E-state index is 0.0358. The molecule has 0 saturated heterocycles. The van der Waals surface area contributed by atoms with Crippen LogP contribution in [-0.2, 0) is 13.0 Å². The Balaban J connectivity index is 1.85. The Bertz CT molecular complexity index is 738. The lowest BCUT2D eigenvalue weighted by Gasteiger charge is -2.29. The first kappa shape index (κ1) is 14.3. The van der Waals surface area contributed by atoms with Crippen molar-refractivity contribution in [3.63, 3.8) is 0 Å². The molecule has 0 unspecified atom stereocenters. The second-order valence-electron chi connectivity index (χ2n) is 5.47. The zero-order valence-corrected chi connectivity index (χ0v) is 12.2. The Morgan fingerprint density at radius 1 is 1.18 bits per heavy atom. The summed E-state index contributed by atoms with van der Waals surface area (Å²) in [5.41, 5.74) is 3.59. The number of pyridine rings is 1. The maximum atomic E-state index is 12.5.